The van der Waals surface area contributed by atoms with Crippen LogP contribution in [-0.2, 0) is 6.42 Å². The Morgan fingerprint density at radius 2 is 1.78 bits per heavy atom. The molecular weight excluding hydrogens is 385 g/mol. The number of hydrogen-bond acceptors (Lipinski definition) is 0. The molecule has 3 rings (SSSR count). The summed E-state index contributed by atoms with van der Waals surface area (Å²) in [6.45, 7) is 2.03. The second-order valence-corrected chi connectivity index (χ2v) is 11.8. The predicted molar refractivity (Wildman–Crippen MR) is 95.8 cm³/mol. The number of alkyl halides is 3. The van der Waals surface area contributed by atoms with Crippen LogP contribution in [0.25, 0.3) is 6.08 Å². The normalized spacial score (nSPS) is 28.7. The van der Waals surface area contributed by atoms with Crippen LogP contribution in [0.15, 0.2) is 28.0 Å². The highest BCUT2D eigenvalue weighted by Crippen LogP contribution is 2.82. The largest absolute Gasteiger partial charge is 0.442 e. The standard InChI is InChI=1S/C18H22BrF3S/c1-2-13-9-10-16-15(11-13)12-17(23(16,19)18(20,21)22)14-7-5-3-4-6-8-14/h9-12,14H,2-8H2,1H3. The van der Waals surface area contributed by atoms with E-state index in [1.54, 1.807) is 6.07 Å². The Morgan fingerprint density at radius 1 is 1.13 bits per heavy atom. The van der Waals surface area contributed by atoms with Gasteiger partial charge in [-0.1, -0.05) is 44.7 Å². The number of fused-ring (bicyclic) bond motifs is 1. The average molecular weight is 407 g/mol. The first kappa shape index (κ1) is 17.4. The van der Waals surface area contributed by atoms with Gasteiger partial charge in [0, 0.05) is 4.90 Å². The van der Waals surface area contributed by atoms with Crippen LogP contribution in [0, 0.1) is 5.92 Å². The van der Waals surface area contributed by atoms with Gasteiger partial charge >= 0.3 is 5.51 Å². The molecule has 0 bridgehead atoms. The maximum Gasteiger partial charge on any atom is 0.442 e. The van der Waals surface area contributed by atoms with Crippen molar-refractivity contribution in [2.24, 2.45) is 5.92 Å². The monoisotopic (exact) mass is 406 g/mol. The van der Waals surface area contributed by atoms with Gasteiger partial charge in [0.05, 0.1) is 0 Å². The first-order valence-electron chi connectivity index (χ1n) is 8.31. The third-order valence-corrected chi connectivity index (χ3v) is 11.0. The summed E-state index contributed by atoms with van der Waals surface area (Å²) in [6.07, 6.45) is 8.84. The number of allylic oxidation sites excluding steroid dienone is 1. The van der Waals surface area contributed by atoms with Gasteiger partial charge in [-0.3, -0.25) is 0 Å². The molecule has 0 amide bonds. The lowest BCUT2D eigenvalue weighted by molar-refractivity contribution is -0.0357. The van der Waals surface area contributed by atoms with E-state index in [0.717, 1.165) is 56.1 Å². The summed E-state index contributed by atoms with van der Waals surface area (Å²) < 4.78 is 42.2. The Kier molecular flexibility index (Phi) is 4.90. The van der Waals surface area contributed by atoms with Gasteiger partial charge in [-0.2, -0.15) is 13.2 Å². The molecule has 5 heteroatoms. The molecule has 1 aromatic carbocycles. The van der Waals surface area contributed by atoms with Crippen LogP contribution < -0.4 is 0 Å². The highest BCUT2D eigenvalue weighted by atomic mass is 79.9. The lowest BCUT2D eigenvalue weighted by Crippen LogP contribution is -2.19. The molecule has 0 N–H and O–H groups in total. The zero-order valence-electron chi connectivity index (χ0n) is 13.3. The topological polar surface area (TPSA) is 0 Å². The summed E-state index contributed by atoms with van der Waals surface area (Å²) in [6, 6.07) is 5.48. The molecule has 1 heterocycles. The Bertz CT molecular complexity index is 615. The molecule has 1 aliphatic heterocycles. The van der Waals surface area contributed by atoms with Gasteiger partial charge < -0.3 is 0 Å². The minimum absolute atomic E-state index is 0.0611. The van der Waals surface area contributed by atoms with Gasteiger partial charge in [-0.15, -0.1) is 0 Å². The fraction of sp³-hybridized carbons (Fsp3) is 0.556. The number of aryl methyl sites for hydroxylation is 1. The molecule has 0 radical (unpaired) electrons. The van der Waals surface area contributed by atoms with Gasteiger partial charge in [0.15, 0.2) is 0 Å². The van der Waals surface area contributed by atoms with E-state index in [2.05, 4.69) is 14.8 Å². The van der Waals surface area contributed by atoms with Gasteiger partial charge in [0.2, 0.25) is 0 Å². The molecule has 0 nitrogen and oxygen atoms in total. The van der Waals surface area contributed by atoms with Gasteiger partial charge in [-0.05, 0) is 76.6 Å². The highest BCUT2D eigenvalue weighted by molar-refractivity contribution is 9.59. The Hall–Kier alpha value is -0.420. The van der Waals surface area contributed by atoms with Gasteiger partial charge in [0.1, 0.15) is 0 Å². The minimum atomic E-state index is -4.25. The number of benzene rings is 1. The number of hydrogen-bond donors (Lipinski definition) is 0. The van der Waals surface area contributed by atoms with Crippen LogP contribution in [0.1, 0.15) is 56.6 Å². The lowest BCUT2D eigenvalue weighted by atomic mass is 9.98. The fourth-order valence-electron chi connectivity index (χ4n) is 3.72. The molecule has 1 aliphatic carbocycles. The first-order chi connectivity index (χ1) is 10.9. The van der Waals surface area contributed by atoms with E-state index in [4.69, 9.17) is 0 Å². The Balaban J connectivity index is 2.09. The highest BCUT2D eigenvalue weighted by Gasteiger charge is 2.56. The SMILES string of the molecule is CCc1ccc2c(c1)C=C(C1CCCCCC1)S2(Br)C(F)(F)F. The molecule has 128 valence electrons. The maximum atomic E-state index is 14.1. The molecule has 1 atom stereocenters. The zero-order chi connectivity index (χ0) is 16.7. The summed E-state index contributed by atoms with van der Waals surface area (Å²) in [5.41, 5.74) is -2.38. The summed E-state index contributed by atoms with van der Waals surface area (Å²) in [4.78, 5) is 1.05. The van der Waals surface area contributed by atoms with E-state index in [-0.39, 0.29) is 5.92 Å². The van der Waals surface area contributed by atoms with Crippen LogP contribution in [0.4, 0.5) is 13.2 Å². The third-order valence-electron chi connectivity index (χ3n) is 4.98. The van der Waals surface area contributed by atoms with Crippen molar-refractivity contribution >= 4 is 29.4 Å². The van der Waals surface area contributed by atoms with E-state index >= 15 is 0 Å². The van der Waals surface area contributed by atoms with Crippen molar-refractivity contribution in [1.29, 1.82) is 0 Å². The average Bonchev–Trinajstić information content (AvgIpc) is 2.69. The third kappa shape index (κ3) is 2.99. The second kappa shape index (κ2) is 6.47. The summed E-state index contributed by atoms with van der Waals surface area (Å²) in [5, 5.41) is 0. The van der Waals surface area contributed by atoms with Crippen molar-refractivity contribution in [3.8, 4) is 0 Å². The number of rotatable bonds is 2. The molecule has 1 saturated carbocycles. The van der Waals surface area contributed by atoms with Gasteiger partial charge in [-0.25, -0.2) is 0 Å². The Labute approximate surface area is 145 Å². The van der Waals surface area contributed by atoms with Crippen LogP contribution >= 0.6 is 23.3 Å². The van der Waals surface area contributed by atoms with Crippen molar-refractivity contribution in [3.63, 3.8) is 0 Å². The van der Waals surface area contributed by atoms with E-state index in [9.17, 15) is 13.2 Å². The molecule has 1 aromatic rings. The van der Waals surface area contributed by atoms with Crippen molar-refractivity contribution in [2.75, 3.05) is 0 Å². The van der Waals surface area contributed by atoms with E-state index in [1.165, 1.54) is 0 Å². The van der Waals surface area contributed by atoms with E-state index in [0.29, 0.717) is 9.80 Å². The van der Waals surface area contributed by atoms with Gasteiger partial charge in [0.25, 0.3) is 0 Å². The van der Waals surface area contributed by atoms with Crippen molar-refractivity contribution in [1.82, 2.24) is 0 Å². The first-order valence-corrected chi connectivity index (χ1v) is 11.8. The molecule has 0 spiro atoms. The smallest absolute Gasteiger partial charge is 0.160 e. The fourth-order valence-corrected chi connectivity index (χ4v) is 8.13. The molecule has 0 aromatic heterocycles. The summed E-state index contributed by atoms with van der Waals surface area (Å²) in [5.74, 6) is 0.0611. The summed E-state index contributed by atoms with van der Waals surface area (Å²) >= 11 is 3.23. The minimum Gasteiger partial charge on any atom is -0.160 e. The van der Waals surface area contributed by atoms with Crippen molar-refractivity contribution in [2.45, 2.75) is 62.3 Å². The zero-order valence-corrected chi connectivity index (χ0v) is 15.7. The van der Waals surface area contributed by atoms with Crippen LogP contribution in [0.5, 0.6) is 0 Å². The van der Waals surface area contributed by atoms with E-state index < -0.39 is 14.0 Å². The predicted octanol–water partition coefficient (Wildman–Crippen LogP) is 7.57. The summed E-state index contributed by atoms with van der Waals surface area (Å²) in [7, 11) is -3.09. The van der Waals surface area contributed by atoms with Crippen LogP contribution in [0.3, 0.4) is 0 Å². The molecule has 0 saturated heterocycles. The Morgan fingerprint density at radius 3 is 2.35 bits per heavy atom. The molecular formula is C18H22BrF3S. The quantitative estimate of drug-likeness (QED) is 0.444. The molecule has 1 unspecified atom stereocenters. The van der Waals surface area contributed by atoms with Crippen molar-refractivity contribution in [3.05, 3.63) is 34.2 Å². The van der Waals surface area contributed by atoms with Crippen LogP contribution in [-0.4, -0.2) is 5.51 Å². The second-order valence-electron chi connectivity index (χ2n) is 6.44. The number of halogens is 4. The maximum absolute atomic E-state index is 14.1. The lowest BCUT2D eigenvalue weighted by Gasteiger charge is -2.38. The molecule has 23 heavy (non-hydrogen) atoms. The molecule has 1 fully saturated rings. The van der Waals surface area contributed by atoms with Crippen molar-refractivity contribution < 1.29 is 13.2 Å². The van der Waals surface area contributed by atoms with E-state index in [1.807, 2.05) is 25.1 Å². The van der Waals surface area contributed by atoms with Crippen LogP contribution in [0.2, 0.25) is 0 Å². The molecule has 2 aliphatic rings.